The summed E-state index contributed by atoms with van der Waals surface area (Å²) in [6.45, 7) is 0.104. The molecule has 0 amide bonds. The summed E-state index contributed by atoms with van der Waals surface area (Å²) in [4.78, 5) is 0.727. The smallest absolute Gasteiger partial charge is 0.171 e. The monoisotopic (exact) mass is 244 g/mol. The van der Waals surface area contributed by atoms with Crippen LogP contribution in [0.2, 0.25) is 0 Å². The fourth-order valence-corrected chi connectivity index (χ4v) is 2.11. The zero-order valence-electron chi connectivity index (χ0n) is 8.56. The minimum atomic E-state index is -0.437. The Morgan fingerprint density at radius 2 is 2.25 bits per heavy atom. The van der Waals surface area contributed by atoms with Gasteiger partial charge >= 0.3 is 0 Å². The van der Waals surface area contributed by atoms with Crippen molar-refractivity contribution in [3.05, 3.63) is 29.6 Å². The fraction of sp³-hybridized carbons (Fsp3) is 0.300. The number of amidine groups is 1. The average molecular weight is 244 g/mol. The maximum absolute atomic E-state index is 13.0. The molecule has 1 aromatic carbocycles. The summed E-state index contributed by atoms with van der Waals surface area (Å²) in [6.07, 6.45) is 0.637. The van der Waals surface area contributed by atoms with Gasteiger partial charge in [0.2, 0.25) is 0 Å². The van der Waals surface area contributed by atoms with Crippen molar-refractivity contribution in [2.45, 2.75) is 11.3 Å². The Kier molecular flexibility index (Phi) is 5.07. The molecule has 0 aliphatic carbocycles. The summed E-state index contributed by atoms with van der Waals surface area (Å²) in [7, 11) is 0. The maximum Gasteiger partial charge on any atom is 0.171 e. The average Bonchev–Trinajstić information content (AvgIpc) is 2.30. The van der Waals surface area contributed by atoms with Crippen molar-refractivity contribution in [1.82, 2.24) is 0 Å². The van der Waals surface area contributed by atoms with E-state index < -0.39 is 5.82 Å². The largest absolute Gasteiger partial charge is 0.409 e. The van der Waals surface area contributed by atoms with Crippen LogP contribution in [-0.2, 0) is 0 Å². The molecule has 0 fully saturated rings. The lowest BCUT2D eigenvalue weighted by atomic mass is 10.2. The number of oxime groups is 1. The lowest BCUT2D eigenvalue weighted by Crippen LogP contribution is -2.14. The summed E-state index contributed by atoms with van der Waals surface area (Å²) >= 11 is 1.43. The lowest BCUT2D eigenvalue weighted by molar-refractivity contribution is 0.296. The third-order valence-electron chi connectivity index (χ3n) is 1.89. The number of aliphatic hydroxyl groups is 1. The molecule has 4 nitrogen and oxygen atoms in total. The zero-order chi connectivity index (χ0) is 12.0. The number of benzene rings is 1. The van der Waals surface area contributed by atoms with E-state index in [2.05, 4.69) is 5.16 Å². The molecule has 1 aromatic rings. The summed E-state index contributed by atoms with van der Waals surface area (Å²) in [6, 6.07) is 4.11. The molecule has 0 aliphatic heterocycles. The van der Waals surface area contributed by atoms with Gasteiger partial charge in [-0.05, 0) is 24.6 Å². The van der Waals surface area contributed by atoms with Crippen molar-refractivity contribution in [1.29, 1.82) is 0 Å². The van der Waals surface area contributed by atoms with Crippen molar-refractivity contribution in [2.24, 2.45) is 10.9 Å². The minimum absolute atomic E-state index is 0.104. The van der Waals surface area contributed by atoms with Gasteiger partial charge < -0.3 is 16.0 Å². The third-order valence-corrected chi connectivity index (χ3v) is 3.05. The van der Waals surface area contributed by atoms with Gasteiger partial charge in [0.25, 0.3) is 0 Å². The van der Waals surface area contributed by atoms with E-state index >= 15 is 0 Å². The second-order valence-electron chi connectivity index (χ2n) is 3.05. The second kappa shape index (κ2) is 6.34. The molecular formula is C10H13FN2O2S. The molecule has 0 bridgehead atoms. The molecule has 0 atom stereocenters. The third kappa shape index (κ3) is 3.39. The maximum atomic E-state index is 13.0. The van der Waals surface area contributed by atoms with Gasteiger partial charge in [-0.2, -0.15) is 0 Å². The van der Waals surface area contributed by atoms with Crippen LogP contribution < -0.4 is 5.73 Å². The summed E-state index contributed by atoms with van der Waals surface area (Å²) < 4.78 is 13.0. The predicted molar refractivity (Wildman–Crippen MR) is 61.3 cm³/mol. The van der Waals surface area contributed by atoms with E-state index in [4.69, 9.17) is 16.0 Å². The molecule has 6 heteroatoms. The first-order valence-corrected chi connectivity index (χ1v) is 5.68. The van der Waals surface area contributed by atoms with E-state index in [0.717, 1.165) is 4.90 Å². The van der Waals surface area contributed by atoms with Gasteiger partial charge in [-0.3, -0.25) is 0 Å². The molecule has 4 N–H and O–H groups in total. The number of hydrogen-bond donors (Lipinski definition) is 3. The molecular weight excluding hydrogens is 231 g/mol. The molecule has 0 saturated heterocycles. The molecule has 1 rings (SSSR count). The van der Waals surface area contributed by atoms with Gasteiger partial charge in [-0.15, -0.1) is 11.8 Å². The number of rotatable bonds is 5. The first-order chi connectivity index (χ1) is 7.69. The lowest BCUT2D eigenvalue weighted by Gasteiger charge is -2.07. The van der Waals surface area contributed by atoms with Crippen molar-refractivity contribution in [2.75, 3.05) is 12.4 Å². The minimum Gasteiger partial charge on any atom is -0.409 e. The fourth-order valence-electron chi connectivity index (χ4n) is 1.13. The summed E-state index contributed by atoms with van der Waals surface area (Å²) in [5.41, 5.74) is 5.80. The highest BCUT2D eigenvalue weighted by atomic mass is 32.2. The van der Waals surface area contributed by atoms with Crippen molar-refractivity contribution in [3.63, 3.8) is 0 Å². The number of hydrogen-bond acceptors (Lipinski definition) is 4. The van der Waals surface area contributed by atoms with E-state index in [1.807, 2.05) is 0 Å². The Hall–Kier alpha value is -1.27. The Labute approximate surface area is 97.0 Å². The van der Waals surface area contributed by atoms with Gasteiger partial charge in [0.05, 0.1) is 0 Å². The highest BCUT2D eigenvalue weighted by Gasteiger charge is 2.08. The molecule has 0 aromatic heterocycles. The van der Waals surface area contributed by atoms with Crippen LogP contribution in [0.3, 0.4) is 0 Å². The van der Waals surface area contributed by atoms with Gasteiger partial charge in [-0.1, -0.05) is 5.16 Å². The van der Waals surface area contributed by atoms with Crippen LogP contribution in [0.25, 0.3) is 0 Å². The van der Waals surface area contributed by atoms with E-state index in [-0.39, 0.29) is 12.4 Å². The Morgan fingerprint density at radius 1 is 1.50 bits per heavy atom. The SMILES string of the molecule is NC(=NO)c1cc(F)ccc1SCCCO. The zero-order valence-corrected chi connectivity index (χ0v) is 9.38. The molecule has 88 valence electrons. The molecule has 0 unspecified atom stereocenters. The van der Waals surface area contributed by atoms with Crippen LogP contribution >= 0.6 is 11.8 Å². The molecule has 0 spiro atoms. The van der Waals surface area contributed by atoms with Gasteiger partial charge in [-0.25, -0.2) is 4.39 Å². The number of aliphatic hydroxyl groups excluding tert-OH is 1. The Morgan fingerprint density at radius 3 is 2.88 bits per heavy atom. The van der Waals surface area contributed by atoms with Crippen molar-refractivity contribution >= 4 is 17.6 Å². The highest BCUT2D eigenvalue weighted by molar-refractivity contribution is 7.99. The Bertz CT molecular complexity index is 385. The quantitative estimate of drug-likeness (QED) is 0.183. The van der Waals surface area contributed by atoms with Gasteiger partial charge in [0.15, 0.2) is 5.84 Å². The summed E-state index contributed by atoms with van der Waals surface area (Å²) in [5, 5.41) is 20.1. The van der Waals surface area contributed by atoms with E-state index in [1.165, 1.54) is 23.9 Å². The first-order valence-electron chi connectivity index (χ1n) is 4.70. The predicted octanol–water partition coefficient (Wildman–Crippen LogP) is 1.39. The molecule has 16 heavy (non-hydrogen) atoms. The van der Waals surface area contributed by atoms with Crippen LogP contribution in [-0.4, -0.2) is 28.5 Å². The molecule has 0 radical (unpaired) electrons. The van der Waals surface area contributed by atoms with E-state index in [0.29, 0.717) is 17.7 Å². The topological polar surface area (TPSA) is 78.8 Å². The Balaban J connectivity index is 2.89. The molecule has 0 saturated carbocycles. The van der Waals surface area contributed by atoms with Crippen molar-refractivity contribution < 1.29 is 14.7 Å². The van der Waals surface area contributed by atoms with E-state index in [9.17, 15) is 4.39 Å². The van der Waals surface area contributed by atoms with Gasteiger partial charge in [0, 0.05) is 22.8 Å². The highest BCUT2D eigenvalue weighted by Crippen LogP contribution is 2.24. The van der Waals surface area contributed by atoms with Crippen LogP contribution in [0.5, 0.6) is 0 Å². The second-order valence-corrected chi connectivity index (χ2v) is 4.19. The van der Waals surface area contributed by atoms with Crippen LogP contribution in [0.15, 0.2) is 28.3 Å². The molecule has 0 aliphatic rings. The normalized spacial score (nSPS) is 11.8. The number of nitrogens with zero attached hydrogens (tertiary/aromatic N) is 1. The number of halogens is 1. The number of thioether (sulfide) groups is 1. The first kappa shape index (κ1) is 12.8. The van der Waals surface area contributed by atoms with Gasteiger partial charge in [0.1, 0.15) is 5.82 Å². The van der Waals surface area contributed by atoms with Crippen LogP contribution in [0.4, 0.5) is 4.39 Å². The van der Waals surface area contributed by atoms with Crippen molar-refractivity contribution in [3.8, 4) is 0 Å². The summed E-state index contributed by atoms with van der Waals surface area (Å²) in [5.74, 6) is 0.132. The van der Waals surface area contributed by atoms with Crippen LogP contribution in [0.1, 0.15) is 12.0 Å². The number of nitrogens with two attached hydrogens (primary N) is 1. The standard InChI is InChI=1S/C10H13FN2O2S/c11-7-2-3-9(16-5-1-4-14)8(6-7)10(12)13-15/h2-3,6,14-15H,1,4-5H2,(H2,12,13). The van der Waals surface area contributed by atoms with Crippen LogP contribution in [0, 0.1) is 5.82 Å². The van der Waals surface area contributed by atoms with E-state index in [1.54, 1.807) is 6.07 Å². The molecule has 0 heterocycles.